The number of ether oxygens (including phenoxy) is 1. The van der Waals surface area contributed by atoms with E-state index >= 15 is 0 Å². The Hall–Kier alpha value is -2.37. The molecule has 0 bridgehead atoms. The third-order valence-corrected chi connectivity index (χ3v) is 5.25. The van der Waals surface area contributed by atoms with E-state index in [1.807, 2.05) is 18.2 Å². The Morgan fingerprint density at radius 2 is 1.93 bits per heavy atom. The third-order valence-electron chi connectivity index (χ3n) is 5.25. The number of carboxylic acids is 1. The average molecular weight is 383 g/mol. The summed E-state index contributed by atoms with van der Waals surface area (Å²) < 4.78 is 5.91. The van der Waals surface area contributed by atoms with Crippen LogP contribution in [0.25, 0.3) is 0 Å². The number of carboxylic acid groups (broad SMARTS) is 1. The van der Waals surface area contributed by atoms with Crippen molar-refractivity contribution >= 4 is 17.3 Å². The number of hydrogen-bond donors (Lipinski definition) is 1. The van der Waals surface area contributed by atoms with Crippen LogP contribution in [0.1, 0.15) is 18.4 Å². The van der Waals surface area contributed by atoms with Gasteiger partial charge in [-0.15, -0.1) is 0 Å². The van der Waals surface area contributed by atoms with Crippen molar-refractivity contribution in [2.24, 2.45) is 5.92 Å². The molecule has 2 aromatic carbocycles. The van der Waals surface area contributed by atoms with Gasteiger partial charge in [-0.25, -0.2) is 0 Å². The van der Waals surface area contributed by atoms with E-state index in [1.165, 1.54) is 5.56 Å². The average Bonchev–Trinajstić information content (AvgIpc) is 2.71. The molecule has 1 heterocycles. The Morgan fingerprint density at radius 1 is 1.14 bits per heavy atom. The fourth-order valence-corrected chi connectivity index (χ4v) is 3.72. The first-order chi connectivity index (χ1) is 13.6. The van der Waals surface area contributed by atoms with Crippen LogP contribution in [0.15, 0.2) is 54.6 Å². The second kappa shape index (κ2) is 10.2. The predicted octanol–water partition coefficient (Wildman–Crippen LogP) is 3.95. The minimum Gasteiger partial charge on any atom is -0.481 e. The summed E-state index contributed by atoms with van der Waals surface area (Å²) in [5.41, 5.74) is 3.55. The van der Waals surface area contributed by atoms with E-state index in [9.17, 15) is 9.90 Å². The molecule has 0 spiro atoms. The van der Waals surface area contributed by atoms with Crippen LogP contribution in [-0.4, -0.2) is 55.4 Å². The van der Waals surface area contributed by atoms with Gasteiger partial charge in [0.1, 0.15) is 0 Å². The van der Waals surface area contributed by atoms with Crippen molar-refractivity contribution < 1.29 is 14.6 Å². The van der Waals surface area contributed by atoms with Crippen LogP contribution in [0.2, 0.25) is 0 Å². The van der Waals surface area contributed by atoms with E-state index in [2.05, 4.69) is 53.1 Å². The van der Waals surface area contributed by atoms with Crippen molar-refractivity contribution in [3.8, 4) is 0 Å². The molecule has 150 valence electrons. The summed E-state index contributed by atoms with van der Waals surface area (Å²) in [6, 6.07) is 18.8. The highest BCUT2D eigenvalue weighted by Crippen LogP contribution is 2.25. The van der Waals surface area contributed by atoms with Gasteiger partial charge in [0.25, 0.3) is 0 Å². The molecule has 1 unspecified atom stereocenters. The van der Waals surface area contributed by atoms with Crippen molar-refractivity contribution in [1.82, 2.24) is 4.90 Å². The van der Waals surface area contributed by atoms with Gasteiger partial charge in [0.2, 0.25) is 0 Å². The quantitative estimate of drug-likeness (QED) is 0.666. The molecule has 28 heavy (non-hydrogen) atoms. The molecule has 1 aliphatic rings. The molecular formula is C23H30N2O3. The van der Waals surface area contributed by atoms with Gasteiger partial charge in [-0.05, 0) is 56.1 Å². The van der Waals surface area contributed by atoms with E-state index in [4.69, 9.17) is 4.74 Å². The Balaban J connectivity index is 1.50. The van der Waals surface area contributed by atoms with Crippen LogP contribution in [0.4, 0.5) is 11.4 Å². The summed E-state index contributed by atoms with van der Waals surface area (Å²) in [6.45, 7) is 6.52. The second-order valence-electron chi connectivity index (χ2n) is 7.42. The first kappa shape index (κ1) is 20.4. The molecule has 3 rings (SSSR count). The van der Waals surface area contributed by atoms with Gasteiger partial charge in [-0.2, -0.15) is 0 Å². The first-order valence-corrected chi connectivity index (χ1v) is 10.1. The highest BCUT2D eigenvalue weighted by Gasteiger charge is 2.24. The van der Waals surface area contributed by atoms with E-state index < -0.39 is 5.97 Å². The summed E-state index contributed by atoms with van der Waals surface area (Å²) in [5.74, 6) is -0.911. The summed E-state index contributed by atoms with van der Waals surface area (Å²) in [4.78, 5) is 15.7. The predicted molar refractivity (Wildman–Crippen MR) is 112 cm³/mol. The number of likely N-dealkylation sites (tertiary alicyclic amines) is 1. The number of carbonyl (C=O) groups is 1. The Kier molecular flexibility index (Phi) is 7.46. The SMILES string of the molecule is Cc1cccc(N(CCOCCN2CCCC(C(=O)O)C2)c2ccccc2)c1. The van der Waals surface area contributed by atoms with E-state index in [-0.39, 0.29) is 5.92 Å². The van der Waals surface area contributed by atoms with Crippen LogP contribution >= 0.6 is 0 Å². The highest BCUT2D eigenvalue weighted by molar-refractivity contribution is 5.70. The van der Waals surface area contributed by atoms with Crippen LogP contribution in [-0.2, 0) is 9.53 Å². The van der Waals surface area contributed by atoms with E-state index in [0.29, 0.717) is 19.8 Å². The second-order valence-corrected chi connectivity index (χ2v) is 7.42. The van der Waals surface area contributed by atoms with Crippen LogP contribution in [0.3, 0.4) is 0 Å². The van der Waals surface area contributed by atoms with Gasteiger partial charge >= 0.3 is 5.97 Å². The minimum atomic E-state index is -0.678. The Bertz CT molecular complexity index is 751. The fourth-order valence-electron chi connectivity index (χ4n) is 3.72. The smallest absolute Gasteiger partial charge is 0.307 e. The number of benzene rings is 2. The zero-order chi connectivity index (χ0) is 19.8. The van der Waals surface area contributed by atoms with Crippen LogP contribution < -0.4 is 4.90 Å². The Labute approximate surface area is 167 Å². The van der Waals surface area contributed by atoms with Crippen molar-refractivity contribution in [1.29, 1.82) is 0 Å². The molecule has 1 atom stereocenters. The number of anilines is 2. The lowest BCUT2D eigenvalue weighted by atomic mass is 9.98. The molecule has 0 aromatic heterocycles. The largest absolute Gasteiger partial charge is 0.481 e. The fraction of sp³-hybridized carbons (Fsp3) is 0.435. The molecule has 0 radical (unpaired) electrons. The molecule has 5 heteroatoms. The van der Waals surface area contributed by atoms with Gasteiger partial charge in [-0.3, -0.25) is 4.79 Å². The molecule has 1 aliphatic heterocycles. The molecule has 0 aliphatic carbocycles. The van der Waals surface area contributed by atoms with Crippen LogP contribution in [0, 0.1) is 12.8 Å². The van der Waals surface area contributed by atoms with Gasteiger partial charge < -0.3 is 19.6 Å². The van der Waals surface area contributed by atoms with Crippen molar-refractivity contribution in [2.75, 3.05) is 44.3 Å². The monoisotopic (exact) mass is 382 g/mol. The molecular weight excluding hydrogens is 352 g/mol. The molecule has 2 aromatic rings. The number of hydrogen-bond acceptors (Lipinski definition) is 4. The number of rotatable bonds is 9. The van der Waals surface area contributed by atoms with Crippen molar-refractivity contribution in [2.45, 2.75) is 19.8 Å². The maximum atomic E-state index is 11.2. The maximum Gasteiger partial charge on any atom is 0.307 e. The van der Waals surface area contributed by atoms with Gasteiger partial charge in [0.15, 0.2) is 0 Å². The Morgan fingerprint density at radius 3 is 2.68 bits per heavy atom. The maximum absolute atomic E-state index is 11.2. The molecule has 5 nitrogen and oxygen atoms in total. The summed E-state index contributed by atoms with van der Waals surface area (Å²) >= 11 is 0. The number of para-hydroxylation sites is 1. The summed E-state index contributed by atoms with van der Waals surface area (Å²) in [5, 5.41) is 9.20. The standard InChI is InChI=1S/C23H30N2O3/c1-19-7-5-11-22(17-19)25(21-9-3-2-4-10-21)14-16-28-15-13-24-12-6-8-20(18-24)23(26)27/h2-5,7,9-11,17,20H,6,8,12-16,18H2,1H3,(H,26,27). The lowest BCUT2D eigenvalue weighted by Crippen LogP contribution is -2.40. The van der Waals surface area contributed by atoms with E-state index in [1.54, 1.807) is 0 Å². The molecule has 1 N–H and O–H groups in total. The normalized spacial score (nSPS) is 17.4. The molecule has 0 amide bonds. The minimum absolute atomic E-state index is 0.233. The third kappa shape index (κ3) is 5.81. The number of aryl methyl sites for hydroxylation is 1. The van der Waals surface area contributed by atoms with E-state index in [0.717, 1.165) is 43.9 Å². The molecule has 1 saturated heterocycles. The number of piperidine rings is 1. The molecule has 1 fully saturated rings. The lowest BCUT2D eigenvalue weighted by molar-refractivity contribution is -0.143. The van der Waals surface area contributed by atoms with Crippen molar-refractivity contribution in [3.05, 3.63) is 60.2 Å². The van der Waals surface area contributed by atoms with Gasteiger partial charge in [0, 0.05) is 31.0 Å². The number of aliphatic carboxylic acids is 1. The zero-order valence-electron chi connectivity index (χ0n) is 16.6. The van der Waals surface area contributed by atoms with Crippen LogP contribution in [0.5, 0.6) is 0 Å². The summed E-state index contributed by atoms with van der Waals surface area (Å²) in [6.07, 6.45) is 1.74. The first-order valence-electron chi connectivity index (χ1n) is 10.1. The highest BCUT2D eigenvalue weighted by atomic mass is 16.5. The van der Waals surface area contributed by atoms with Crippen molar-refractivity contribution in [3.63, 3.8) is 0 Å². The molecule has 0 saturated carbocycles. The lowest BCUT2D eigenvalue weighted by Gasteiger charge is -2.30. The number of nitrogens with zero attached hydrogens (tertiary/aromatic N) is 2. The topological polar surface area (TPSA) is 53.0 Å². The van der Waals surface area contributed by atoms with Gasteiger partial charge in [0.05, 0.1) is 19.1 Å². The zero-order valence-corrected chi connectivity index (χ0v) is 16.6. The summed E-state index contributed by atoms with van der Waals surface area (Å²) in [7, 11) is 0. The van der Waals surface area contributed by atoms with Gasteiger partial charge in [-0.1, -0.05) is 30.3 Å².